The van der Waals surface area contributed by atoms with E-state index in [9.17, 15) is 0 Å². The Bertz CT molecular complexity index is 344. The van der Waals surface area contributed by atoms with Gasteiger partial charge in [0.2, 0.25) is 0 Å². The monoisotopic (exact) mass is 300 g/mol. The van der Waals surface area contributed by atoms with Gasteiger partial charge in [0.25, 0.3) is 0 Å². The van der Waals surface area contributed by atoms with Crippen molar-refractivity contribution >= 4 is 25.0 Å². The molecule has 90 valence electrons. The minimum absolute atomic E-state index is 0.137. The largest absolute Gasteiger partial charge is 0.413 e. The molecule has 1 atom stereocenters. The molecular formula is C13H21BrOSi. The van der Waals surface area contributed by atoms with Gasteiger partial charge in [0.15, 0.2) is 9.04 Å². The minimum Gasteiger partial charge on any atom is -0.413 e. The van der Waals surface area contributed by atoms with Crippen molar-refractivity contribution in [2.45, 2.75) is 40.0 Å². The highest BCUT2D eigenvalue weighted by molar-refractivity contribution is 9.10. The molecule has 3 heteroatoms. The summed E-state index contributed by atoms with van der Waals surface area (Å²) in [4.78, 5) is 0. The predicted molar refractivity (Wildman–Crippen MR) is 76.3 cm³/mol. The van der Waals surface area contributed by atoms with Crippen molar-refractivity contribution in [1.82, 2.24) is 0 Å². The van der Waals surface area contributed by atoms with E-state index in [1.807, 2.05) is 0 Å². The first kappa shape index (κ1) is 13.9. The average Bonchev–Trinajstić information content (AvgIpc) is 2.12. The summed E-state index contributed by atoms with van der Waals surface area (Å²) in [6, 6.07) is 8.43. The highest BCUT2D eigenvalue weighted by Crippen LogP contribution is 2.37. The van der Waals surface area contributed by atoms with Gasteiger partial charge in [-0.05, 0) is 36.2 Å². The second-order valence-electron chi connectivity index (χ2n) is 5.49. The number of halogens is 1. The molecule has 1 unspecified atom stereocenters. The number of hydrogen-bond donors (Lipinski definition) is 0. The number of rotatable bonds is 3. The molecule has 0 bridgehead atoms. The molecule has 0 heterocycles. The van der Waals surface area contributed by atoms with E-state index in [2.05, 4.69) is 74.1 Å². The Morgan fingerprint density at radius 2 is 1.88 bits per heavy atom. The summed E-state index contributed by atoms with van der Waals surface area (Å²) in [6.07, 6.45) is 0.191. The Labute approximate surface area is 109 Å². The molecule has 0 radical (unpaired) electrons. The van der Waals surface area contributed by atoms with Gasteiger partial charge >= 0.3 is 0 Å². The first-order valence-corrected chi connectivity index (χ1v) is 9.29. The molecule has 0 aliphatic heterocycles. The van der Waals surface area contributed by atoms with Gasteiger partial charge in [-0.2, -0.15) is 0 Å². The zero-order valence-electron chi connectivity index (χ0n) is 10.8. The Kier molecular flexibility index (Phi) is 4.77. The maximum atomic E-state index is 6.17. The van der Waals surface area contributed by atoms with Gasteiger partial charge in [-0.1, -0.05) is 48.8 Å². The van der Waals surface area contributed by atoms with E-state index < -0.39 is 9.04 Å². The standard InChI is InChI=1S/C13H21BrOSi/c1-13(2,3)12(15-16(4)5)10-7-6-8-11(14)9-10/h6-9,12,16H,1-5H3. The fraction of sp³-hybridized carbons (Fsp3) is 0.538. The quantitative estimate of drug-likeness (QED) is 0.745. The molecule has 0 fully saturated rings. The molecule has 1 nitrogen and oxygen atoms in total. The highest BCUT2D eigenvalue weighted by Gasteiger charge is 2.27. The van der Waals surface area contributed by atoms with E-state index in [4.69, 9.17) is 4.43 Å². The first-order chi connectivity index (χ1) is 7.30. The first-order valence-electron chi connectivity index (χ1n) is 5.71. The molecule has 0 aromatic heterocycles. The van der Waals surface area contributed by atoms with E-state index in [1.54, 1.807) is 0 Å². The summed E-state index contributed by atoms with van der Waals surface area (Å²) in [6.45, 7) is 11.1. The normalized spacial score (nSPS) is 14.2. The highest BCUT2D eigenvalue weighted by atomic mass is 79.9. The molecule has 0 spiro atoms. The third kappa shape index (κ3) is 4.04. The Balaban J connectivity index is 3.01. The molecule has 0 aliphatic rings. The number of benzene rings is 1. The SMILES string of the molecule is C[SiH](C)OC(c1cccc(Br)c1)C(C)(C)C. The molecule has 0 saturated carbocycles. The molecule has 1 aromatic carbocycles. The van der Waals surface area contributed by atoms with Crippen LogP contribution < -0.4 is 0 Å². The van der Waals surface area contributed by atoms with Gasteiger partial charge in [-0.15, -0.1) is 0 Å². The molecular weight excluding hydrogens is 280 g/mol. The molecule has 0 amide bonds. The van der Waals surface area contributed by atoms with Gasteiger partial charge in [0.1, 0.15) is 0 Å². The molecule has 1 aromatic rings. The fourth-order valence-corrected chi connectivity index (χ4v) is 3.25. The second-order valence-corrected chi connectivity index (χ2v) is 8.77. The maximum Gasteiger partial charge on any atom is 0.171 e. The van der Waals surface area contributed by atoms with Crippen LogP contribution in [0.25, 0.3) is 0 Å². The van der Waals surface area contributed by atoms with Crippen molar-refractivity contribution < 1.29 is 4.43 Å². The summed E-state index contributed by atoms with van der Waals surface area (Å²) < 4.78 is 7.29. The number of hydrogen-bond acceptors (Lipinski definition) is 1. The van der Waals surface area contributed by atoms with Crippen LogP contribution in [0.3, 0.4) is 0 Å². The van der Waals surface area contributed by atoms with Crippen molar-refractivity contribution in [3.63, 3.8) is 0 Å². The zero-order valence-corrected chi connectivity index (χ0v) is 13.5. The van der Waals surface area contributed by atoms with Crippen LogP contribution in [0.1, 0.15) is 32.4 Å². The molecule has 0 aliphatic carbocycles. The van der Waals surface area contributed by atoms with Crippen molar-refractivity contribution in [3.05, 3.63) is 34.3 Å². The molecule has 1 rings (SSSR count). The van der Waals surface area contributed by atoms with E-state index in [-0.39, 0.29) is 11.5 Å². The third-order valence-electron chi connectivity index (χ3n) is 2.35. The van der Waals surface area contributed by atoms with Gasteiger partial charge in [-0.3, -0.25) is 0 Å². The third-order valence-corrected chi connectivity index (χ3v) is 3.66. The van der Waals surface area contributed by atoms with Gasteiger partial charge < -0.3 is 4.43 Å². The lowest BCUT2D eigenvalue weighted by Gasteiger charge is -2.33. The van der Waals surface area contributed by atoms with Crippen molar-refractivity contribution in [3.8, 4) is 0 Å². The minimum atomic E-state index is -1.03. The molecule has 16 heavy (non-hydrogen) atoms. The van der Waals surface area contributed by atoms with E-state index >= 15 is 0 Å². The van der Waals surface area contributed by atoms with Crippen molar-refractivity contribution in [1.29, 1.82) is 0 Å². The van der Waals surface area contributed by atoms with Crippen LogP contribution in [0.15, 0.2) is 28.7 Å². The van der Waals surface area contributed by atoms with Gasteiger partial charge in [0, 0.05) is 4.47 Å². The van der Waals surface area contributed by atoms with Crippen molar-refractivity contribution in [2.24, 2.45) is 5.41 Å². The van der Waals surface area contributed by atoms with Crippen LogP contribution in [0, 0.1) is 5.41 Å². The molecule has 0 saturated heterocycles. The fourth-order valence-electron chi connectivity index (χ4n) is 1.72. The van der Waals surface area contributed by atoms with Crippen LogP contribution in [0.5, 0.6) is 0 Å². The summed E-state index contributed by atoms with van der Waals surface area (Å²) in [5.41, 5.74) is 1.40. The summed E-state index contributed by atoms with van der Waals surface area (Å²) in [5, 5.41) is 0. The van der Waals surface area contributed by atoms with E-state index in [1.165, 1.54) is 5.56 Å². The Morgan fingerprint density at radius 3 is 2.31 bits per heavy atom. The van der Waals surface area contributed by atoms with Crippen molar-refractivity contribution in [2.75, 3.05) is 0 Å². The van der Waals surface area contributed by atoms with Crippen LogP contribution in [-0.2, 0) is 4.43 Å². The smallest absolute Gasteiger partial charge is 0.171 e. The average molecular weight is 301 g/mol. The summed E-state index contributed by atoms with van der Waals surface area (Å²) in [5.74, 6) is 0. The Morgan fingerprint density at radius 1 is 1.25 bits per heavy atom. The summed E-state index contributed by atoms with van der Waals surface area (Å²) in [7, 11) is -1.03. The topological polar surface area (TPSA) is 9.23 Å². The summed E-state index contributed by atoms with van der Waals surface area (Å²) >= 11 is 3.52. The van der Waals surface area contributed by atoms with E-state index in [0.29, 0.717) is 0 Å². The van der Waals surface area contributed by atoms with Gasteiger partial charge in [-0.25, -0.2) is 0 Å². The van der Waals surface area contributed by atoms with Gasteiger partial charge in [0.05, 0.1) is 6.10 Å². The van der Waals surface area contributed by atoms with Crippen LogP contribution in [0.4, 0.5) is 0 Å². The van der Waals surface area contributed by atoms with Crippen LogP contribution in [-0.4, -0.2) is 9.04 Å². The lowest BCUT2D eigenvalue weighted by molar-refractivity contribution is 0.0865. The maximum absolute atomic E-state index is 6.17. The Hall–Kier alpha value is -0.123. The lowest BCUT2D eigenvalue weighted by atomic mass is 9.85. The zero-order chi connectivity index (χ0) is 12.3. The lowest BCUT2D eigenvalue weighted by Crippen LogP contribution is -2.25. The van der Waals surface area contributed by atoms with E-state index in [0.717, 1.165) is 4.47 Å². The second kappa shape index (κ2) is 5.47. The van der Waals surface area contributed by atoms with Crippen LogP contribution >= 0.6 is 15.9 Å². The predicted octanol–water partition coefficient (Wildman–Crippen LogP) is 4.54. The van der Waals surface area contributed by atoms with Crippen LogP contribution in [0.2, 0.25) is 13.1 Å². The molecule has 0 N–H and O–H groups in total.